The van der Waals surface area contributed by atoms with Crippen LogP contribution in [0.1, 0.15) is 25.3 Å². The highest BCUT2D eigenvalue weighted by Crippen LogP contribution is 2.58. The van der Waals surface area contributed by atoms with Crippen LogP contribution in [0.2, 0.25) is 0 Å². The predicted octanol–water partition coefficient (Wildman–Crippen LogP) is -0.196. The molecule has 3 aliphatic rings. The summed E-state index contributed by atoms with van der Waals surface area (Å²) in [4.78, 5) is 40.6. The minimum atomic E-state index is -1.02. The minimum Gasteiger partial charge on any atom is -0.394 e. The molecular formula is C21H27N3O5. The summed E-state index contributed by atoms with van der Waals surface area (Å²) in [5.41, 5.74) is -0.0794. The molecule has 3 saturated heterocycles. The number of rotatable bonds is 6. The van der Waals surface area contributed by atoms with Crippen molar-refractivity contribution in [3.8, 4) is 0 Å². The summed E-state index contributed by atoms with van der Waals surface area (Å²) in [5.74, 6) is -2.16. The molecule has 4 rings (SSSR count). The van der Waals surface area contributed by atoms with Gasteiger partial charge < -0.3 is 25.4 Å². The minimum absolute atomic E-state index is 0.239. The molecule has 0 saturated carbocycles. The van der Waals surface area contributed by atoms with E-state index >= 15 is 0 Å². The molecule has 2 bridgehead atoms. The number of amides is 3. The Kier molecular flexibility index (Phi) is 5.08. The average Bonchev–Trinajstić information content (AvgIpc) is 3.39. The summed E-state index contributed by atoms with van der Waals surface area (Å²) >= 11 is 0. The highest BCUT2D eigenvalue weighted by atomic mass is 16.5. The number of carbonyl (C=O) groups excluding carboxylic acids is 3. The van der Waals surface area contributed by atoms with Gasteiger partial charge in [-0.25, -0.2) is 0 Å². The Morgan fingerprint density at radius 3 is 2.69 bits per heavy atom. The summed E-state index contributed by atoms with van der Waals surface area (Å²) in [7, 11) is 1.54. The average molecular weight is 401 g/mol. The van der Waals surface area contributed by atoms with Crippen LogP contribution in [0.15, 0.2) is 30.3 Å². The third-order valence-electron chi connectivity index (χ3n) is 6.58. The van der Waals surface area contributed by atoms with Crippen LogP contribution >= 0.6 is 0 Å². The van der Waals surface area contributed by atoms with Crippen LogP contribution in [0, 0.1) is 11.8 Å². The number of benzene rings is 1. The van der Waals surface area contributed by atoms with Gasteiger partial charge in [-0.1, -0.05) is 30.3 Å². The fraction of sp³-hybridized carbons (Fsp3) is 0.571. The number of ether oxygens (including phenoxy) is 1. The van der Waals surface area contributed by atoms with Crippen molar-refractivity contribution >= 4 is 17.7 Å². The Bertz CT molecular complexity index is 816. The molecule has 1 aromatic carbocycles. The van der Waals surface area contributed by atoms with Gasteiger partial charge in [0.25, 0.3) is 0 Å². The van der Waals surface area contributed by atoms with E-state index in [0.717, 1.165) is 5.56 Å². The lowest BCUT2D eigenvalue weighted by Gasteiger charge is -2.35. The number of hydrogen-bond acceptors (Lipinski definition) is 5. The standard InChI is InChI=1S/C21H27N3O5/c1-12(11-25)24-17(19(27)23-10-13-6-4-3-5-7-13)21-9-8-14(29-21)15(18(26)22-2)16(21)20(24)28/h3-7,12,14-17,25H,8-11H2,1-2H3,(H,22,26)(H,23,27)/t12-,14+,15-,16+,17?,21?/m1/s1. The van der Waals surface area contributed by atoms with E-state index in [4.69, 9.17) is 4.74 Å². The van der Waals surface area contributed by atoms with E-state index in [1.165, 1.54) is 4.90 Å². The molecule has 0 aliphatic carbocycles. The molecule has 6 atom stereocenters. The Morgan fingerprint density at radius 2 is 2.03 bits per heavy atom. The molecule has 0 aromatic heterocycles. The topological polar surface area (TPSA) is 108 Å². The second kappa shape index (κ2) is 7.42. The van der Waals surface area contributed by atoms with Gasteiger partial charge in [-0.15, -0.1) is 0 Å². The molecule has 3 heterocycles. The first kappa shape index (κ1) is 19.8. The molecular weight excluding hydrogens is 374 g/mol. The number of nitrogens with zero attached hydrogens (tertiary/aromatic N) is 1. The molecule has 29 heavy (non-hydrogen) atoms. The lowest BCUT2D eigenvalue weighted by molar-refractivity contribution is -0.145. The number of likely N-dealkylation sites (tertiary alicyclic amines) is 1. The number of hydrogen-bond donors (Lipinski definition) is 3. The molecule has 3 fully saturated rings. The van der Waals surface area contributed by atoms with Crippen LogP contribution in [0.5, 0.6) is 0 Å². The van der Waals surface area contributed by atoms with Crippen molar-refractivity contribution in [2.24, 2.45) is 11.8 Å². The molecule has 8 nitrogen and oxygen atoms in total. The lowest BCUT2D eigenvalue weighted by atomic mass is 9.70. The van der Waals surface area contributed by atoms with E-state index in [2.05, 4.69) is 10.6 Å². The molecule has 2 unspecified atom stereocenters. The zero-order valence-electron chi connectivity index (χ0n) is 16.6. The van der Waals surface area contributed by atoms with Crippen molar-refractivity contribution in [1.29, 1.82) is 0 Å². The Labute approximate surface area is 169 Å². The van der Waals surface area contributed by atoms with E-state index in [1.807, 2.05) is 30.3 Å². The predicted molar refractivity (Wildman–Crippen MR) is 103 cm³/mol. The zero-order chi connectivity index (χ0) is 20.8. The van der Waals surface area contributed by atoms with Crippen molar-refractivity contribution in [3.05, 3.63) is 35.9 Å². The monoisotopic (exact) mass is 401 g/mol. The summed E-state index contributed by atoms with van der Waals surface area (Å²) in [6.07, 6.45) is 0.811. The summed E-state index contributed by atoms with van der Waals surface area (Å²) in [5, 5.41) is 15.3. The Balaban J connectivity index is 1.66. The Morgan fingerprint density at radius 1 is 1.31 bits per heavy atom. The molecule has 1 aromatic rings. The second-order valence-corrected chi connectivity index (χ2v) is 8.15. The normalized spacial score (nSPS) is 33.5. The van der Waals surface area contributed by atoms with E-state index in [1.54, 1.807) is 14.0 Å². The van der Waals surface area contributed by atoms with Crippen molar-refractivity contribution < 1.29 is 24.2 Å². The highest BCUT2D eigenvalue weighted by Gasteiger charge is 2.74. The number of fused-ring (bicyclic) bond motifs is 1. The maximum atomic E-state index is 13.4. The van der Waals surface area contributed by atoms with Gasteiger partial charge in [-0.3, -0.25) is 14.4 Å². The SMILES string of the molecule is CNC(=O)[C@@H]1[C@@H]2CCC3(O2)C(C(=O)NCc2ccccc2)N([C@H](C)CO)C(=O)[C@H]13. The summed E-state index contributed by atoms with van der Waals surface area (Å²) < 4.78 is 6.23. The zero-order valence-corrected chi connectivity index (χ0v) is 16.6. The first-order valence-corrected chi connectivity index (χ1v) is 10.1. The second-order valence-electron chi connectivity index (χ2n) is 8.15. The number of aliphatic hydroxyl groups excluding tert-OH is 1. The molecule has 3 N–H and O–H groups in total. The smallest absolute Gasteiger partial charge is 0.246 e. The van der Waals surface area contributed by atoms with E-state index in [9.17, 15) is 19.5 Å². The van der Waals surface area contributed by atoms with Gasteiger partial charge in [0.05, 0.1) is 30.6 Å². The first-order valence-electron chi connectivity index (χ1n) is 10.1. The first-order chi connectivity index (χ1) is 13.9. The van der Waals surface area contributed by atoms with Gasteiger partial charge in [0.1, 0.15) is 11.6 Å². The fourth-order valence-electron chi connectivity index (χ4n) is 5.30. The Hall–Kier alpha value is -2.45. The maximum absolute atomic E-state index is 13.4. The largest absolute Gasteiger partial charge is 0.394 e. The van der Waals surface area contributed by atoms with Crippen molar-refractivity contribution in [2.75, 3.05) is 13.7 Å². The maximum Gasteiger partial charge on any atom is 0.246 e. The summed E-state index contributed by atoms with van der Waals surface area (Å²) in [6.45, 7) is 1.76. The quantitative estimate of drug-likeness (QED) is 0.612. The van der Waals surface area contributed by atoms with Crippen LogP contribution in [0.4, 0.5) is 0 Å². The molecule has 1 spiro atoms. The third-order valence-corrected chi connectivity index (χ3v) is 6.58. The lowest BCUT2D eigenvalue weighted by Crippen LogP contribution is -2.57. The summed E-state index contributed by atoms with van der Waals surface area (Å²) in [6, 6.07) is 8.09. The molecule has 0 radical (unpaired) electrons. The number of nitrogens with one attached hydrogen (secondary N) is 2. The van der Waals surface area contributed by atoms with E-state index < -0.39 is 29.5 Å². The molecule has 156 valence electrons. The van der Waals surface area contributed by atoms with Crippen LogP contribution in [-0.2, 0) is 25.7 Å². The van der Waals surface area contributed by atoms with Crippen LogP contribution < -0.4 is 10.6 Å². The van der Waals surface area contributed by atoms with Gasteiger partial charge in [-0.2, -0.15) is 0 Å². The highest BCUT2D eigenvalue weighted by molar-refractivity contribution is 5.99. The van der Waals surface area contributed by atoms with Crippen molar-refractivity contribution in [1.82, 2.24) is 15.5 Å². The van der Waals surface area contributed by atoms with Crippen molar-refractivity contribution in [3.63, 3.8) is 0 Å². The van der Waals surface area contributed by atoms with Gasteiger partial charge in [0, 0.05) is 13.6 Å². The van der Waals surface area contributed by atoms with Gasteiger partial charge in [0.15, 0.2) is 0 Å². The molecule has 3 aliphatic heterocycles. The van der Waals surface area contributed by atoms with Gasteiger partial charge >= 0.3 is 0 Å². The van der Waals surface area contributed by atoms with E-state index in [-0.39, 0.29) is 30.4 Å². The van der Waals surface area contributed by atoms with Crippen LogP contribution in [0.3, 0.4) is 0 Å². The molecule has 3 amide bonds. The van der Waals surface area contributed by atoms with Gasteiger partial charge in [0.2, 0.25) is 17.7 Å². The van der Waals surface area contributed by atoms with E-state index in [0.29, 0.717) is 19.4 Å². The third kappa shape index (κ3) is 2.93. The van der Waals surface area contributed by atoms with Crippen LogP contribution in [-0.4, -0.2) is 65.2 Å². The fourth-order valence-corrected chi connectivity index (χ4v) is 5.30. The van der Waals surface area contributed by atoms with Crippen LogP contribution in [0.25, 0.3) is 0 Å². The van der Waals surface area contributed by atoms with Crippen molar-refractivity contribution in [2.45, 2.75) is 50.1 Å². The number of aliphatic hydroxyl groups is 1. The number of carbonyl (C=O) groups is 3. The van der Waals surface area contributed by atoms with Gasteiger partial charge in [-0.05, 0) is 25.3 Å². The molecule has 8 heteroatoms.